The zero-order valence-corrected chi connectivity index (χ0v) is 23.8. The highest BCUT2D eigenvalue weighted by molar-refractivity contribution is 9.10. The van der Waals surface area contributed by atoms with Gasteiger partial charge in [-0.1, -0.05) is 34.8 Å². The molecule has 0 saturated carbocycles. The number of amides is 1. The molecule has 0 heterocycles. The van der Waals surface area contributed by atoms with Gasteiger partial charge in [-0.25, -0.2) is 9.18 Å². The Labute approximate surface area is 222 Å². The molecule has 10 heteroatoms. The average Bonchev–Trinajstić information content (AvgIpc) is 2.78. The predicted molar refractivity (Wildman–Crippen MR) is 141 cm³/mol. The molecule has 1 amide bonds. The van der Waals surface area contributed by atoms with Gasteiger partial charge in [0, 0.05) is 29.7 Å². The van der Waals surface area contributed by atoms with Crippen LogP contribution in [0.5, 0.6) is 11.5 Å². The second kappa shape index (κ2) is 13.3. The highest BCUT2D eigenvalue weighted by atomic mass is 79.9. The van der Waals surface area contributed by atoms with E-state index in [4.69, 9.17) is 13.7 Å². The number of carbonyl (C=O) groups excluding carboxylic acids is 1. The maximum atomic E-state index is 14.7. The van der Waals surface area contributed by atoms with E-state index < -0.39 is 26.8 Å². The van der Waals surface area contributed by atoms with Gasteiger partial charge in [0.05, 0.1) is 6.61 Å². The van der Waals surface area contributed by atoms with E-state index in [9.17, 15) is 17.6 Å². The van der Waals surface area contributed by atoms with Crippen LogP contribution in [-0.2, 0) is 14.9 Å². The molecule has 0 radical (unpaired) electrons. The third kappa shape index (κ3) is 9.97. The fourth-order valence-electron chi connectivity index (χ4n) is 3.21. The Morgan fingerprint density at radius 2 is 1.64 bits per heavy atom. The van der Waals surface area contributed by atoms with E-state index in [-0.39, 0.29) is 17.4 Å². The number of nitrogens with zero attached hydrogens (tertiary/aromatic N) is 1. The van der Waals surface area contributed by atoms with E-state index in [2.05, 4.69) is 15.9 Å². The third-order valence-electron chi connectivity index (χ3n) is 5.23. The van der Waals surface area contributed by atoms with Gasteiger partial charge in [0.15, 0.2) is 0 Å². The second-order valence-electron chi connectivity index (χ2n) is 9.52. The number of unbranched alkanes of at least 4 members (excludes halogenated alkanes) is 3. The Morgan fingerprint density at radius 3 is 2.25 bits per heavy atom. The van der Waals surface area contributed by atoms with Crippen LogP contribution in [0.25, 0.3) is 0 Å². The molecule has 0 aliphatic heterocycles. The predicted octanol–water partition coefficient (Wildman–Crippen LogP) is 6.86. The molecule has 2 aromatic rings. The van der Waals surface area contributed by atoms with Gasteiger partial charge in [-0.15, -0.1) is 0 Å². The molecule has 0 saturated heterocycles. The van der Waals surface area contributed by atoms with Gasteiger partial charge < -0.3 is 18.6 Å². The van der Waals surface area contributed by atoms with Crippen molar-refractivity contribution in [1.29, 1.82) is 0 Å². The van der Waals surface area contributed by atoms with Crippen molar-refractivity contribution in [3.8, 4) is 11.5 Å². The van der Waals surface area contributed by atoms with E-state index in [0.717, 1.165) is 30.2 Å². The van der Waals surface area contributed by atoms with Crippen LogP contribution in [0.1, 0.15) is 64.2 Å². The largest absolute Gasteiger partial charge is 0.493 e. The summed E-state index contributed by atoms with van der Waals surface area (Å²) >= 11 is 3.27. The Hall–Kier alpha value is -2.33. The number of carbonyl (C=O) groups is 1. The fourth-order valence-corrected chi connectivity index (χ4v) is 4.50. The lowest BCUT2D eigenvalue weighted by Crippen LogP contribution is -2.34. The van der Waals surface area contributed by atoms with Crippen molar-refractivity contribution in [2.24, 2.45) is 0 Å². The van der Waals surface area contributed by atoms with Crippen LogP contribution in [0.3, 0.4) is 0 Å². The summed E-state index contributed by atoms with van der Waals surface area (Å²) in [7, 11) is -2.38. The zero-order valence-electron chi connectivity index (χ0n) is 21.4. The quantitative estimate of drug-likeness (QED) is 0.199. The van der Waals surface area contributed by atoms with Crippen LogP contribution in [0.4, 0.5) is 9.18 Å². The fraction of sp³-hybridized carbons (Fsp3) is 0.500. The summed E-state index contributed by atoms with van der Waals surface area (Å²) in [5, 5.41) is -1.20. The molecule has 2 aromatic carbocycles. The summed E-state index contributed by atoms with van der Waals surface area (Å²) < 4.78 is 56.8. The van der Waals surface area contributed by atoms with Gasteiger partial charge in [-0.3, -0.25) is 0 Å². The van der Waals surface area contributed by atoms with Gasteiger partial charge >= 0.3 is 16.2 Å². The van der Waals surface area contributed by atoms with Gasteiger partial charge in [0.1, 0.15) is 28.2 Å². The number of hydrogen-bond acceptors (Lipinski definition) is 6. The molecule has 36 heavy (non-hydrogen) atoms. The van der Waals surface area contributed by atoms with Crippen molar-refractivity contribution in [3.63, 3.8) is 0 Å². The minimum Gasteiger partial charge on any atom is -0.493 e. The molecule has 0 spiro atoms. The summed E-state index contributed by atoms with van der Waals surface area (Å²) in [5.74, 6) is -0.186. The maximum absolute atomic E-state index is 14.7. The molecule has 1 atom stereocenters. The molecule has 0 N–H and O–H groups in total. The second-order valence-corrected chi connectivity index (χ2v) is 12.3. The standard InChI is InChI=1S/C26H35BrFNO6S/c1-19(36(31,32)35-21-12-10-20(27)11-13-21)23-15-14-22(18-24(23)28)33-17-9-7-6-8-16-29(5)25(30)34-26(2,3)4/h10-15,18-19H,6-9,16-17H2,1-5H3. The Balaban J connectivity index is 1.76. The molecule has 0 bridgehead atoms. The Kier molecular flexibility index (Phi) is 11.0. The monoisotopic (exact) mass is 587 g/mol. The van der Waals surface area contributed by atoms with E-state index in [1.54, 1.807) is 30.1 Å². The van der Waals surface area contributed by atoms with Gasteiger partial charge in [0.25, 0.3) is 0 Å². The highest BCUT2D eigenvalue weighted by Gasteiger charge is 2.27. The van der Waals surface area contributed by atoms with Crippen LogP contribution in [0, 0.1) is 5.82 Å². The van der Waals surface area contributed by atoms with Crippen molar-refractivity contribution in [1.82, 2.24) is 4.90 Å². The lowest BCUT2D eigenvalue weighted by molar-refractivity contribution is 0.0296. The average molecular weight is 589 g/mol. The summed E-state index contributed by atoms with van der Waals surface area (Å²) in [6.07, 6.45) is 3.08. The lowest BCUT2D eigenvalue weighted by atomic mass is 10.1. The van der Waals surface area contributed by atoms with Crippen molar-refractivity contribution >= 4 is 32.1 Å². The molecular formula is C26H35BrFNO6S. The highest BCUT2D eigenvalue weighted by Crippen LogP contribution is 2.30. The van der Waals surface area contributed by atoms with Crippen LogP contribution in [-0.4, -0.2) is 45.2 Å². The van der Waals surface area contributed by atoms with Crippen molar-refractivity contribution in [3.05, 3.63) is 58.3 Å². The summed E-state index contributed by atoms with van der Waals surface area (Å²) in [5.41, 5.74) is -0.506. The molecule has 2 rings (SSSR count). The maximum Gasteiger partial charge on any atom is 0.410 e. The minimum atomic E-state index is -4.09. The van der Waals surface area contributed by atoms with Crippen LogP contribution in [0.2, 0.25) is 0 Å². The molecule has 0 aliphatic carbocycles. The topological polar surface area (TPSA) is 82.1 Å². The summed E-state index contributed by atoms with van der Waals surface area (Å²) in [6, 6.07) is 10.5. The summed E-state index contributed by atoms with van der Waals surface area (Å²) in [4.78, 5) is 13.5. The minimum absolute atomic E-state index is 0.00793. The molecule has 0 aromatic heterocycles. The Bertz CT molecular complexity index is 1100. The van der Waals surface area contributed by atoms with Crippen LogP contribution >= 0.6 is 15.9 Å². The third-order valence-corrected chi connectivity index (χ3v) is 7.30. The van der Waals surface area contributed by atoms with E-state index >= 15 is 0 Å². The van der Waals surface area contributed by atoms with Gasteiger partial charge in [0.2, 0.25) is 0 Å². The molecule has 0 aliphatic rings. The molecule has 1 unspecified atom stereocenters. The van der Waals surface area contributed by atoms with E-state index in [1.165, 1.54) is 31.2 Å². The number of rotatable bonds is 12. The van der Waals surface area contributed by atoms with Crippen LogP contribution < -0.4 is 8.92 Å². The zero-order chi connectivity index (χ0) is 26.9. The first-order valence-electron chi connectivity index (χ1n) is 11.8. The van der Waals surface area contributed by atoms with Crippen LogP contribution in [0.15, 0.2) is 46.9 Å². The molecule has 0 fully saturated rings. The number of ether oxygens (including phenoxy) is 2. The number of benzene rings is 2. The molecule has 200 valence electrons. The number of halogens is 2. The number of hydrogen-bond donors (Lipinski definition) is 0. The smallest absolute Gasteiger partial charge is 0.410 e. The van der Waals surface area contributed by atoms with E-state index in [0.29, 0.717) is 18.9 Å². The SMILES string of the molecule is CC(c1ccc(OCCCCCCN(C)C(=O)OC(C)(C)C)cc1F)S(=O)(=O)Oc1ccc(Br)cc1. The van der Waals surface area contributed by atoms with Crippen molar-refractivity contribution < 1.29 is 31.3 Å². The van der Waals surface area contributed by atoms with Gasteiger partial charge in [-0.2, -0.15) is 8.42 Å². The van der Waals surface area contributed by atoms with E-state index in [1.807, 2.05) is 20.8 Å². The first-order valence-corrected chi connectivity index (χ1v) is 14.1. The normalized spacial score (nSPS) is 12.6. The lowest BCUT2D eigenvalue weighted by Gasteiger charge is -2.24. The Morgan fingerprint density at radius 1 is 1.03 bits per heavy atom. The summed E-state index contributed by atoms with van der Waals surface area (Å²) in [6.45, 7) is 7.89. The first-order chi connectivity index (χ1) is 16.8. The van der Waals surface area contributed by atoms with Crippen molar-refractivity contribution in [2.75, 3.05) is 20.2 Å². The van der Waals surface area contributed by atoms with Gasteiger partial charge in [-0.05, 0) is 70.9 Å². The first kappa shape index (κ1) is 29.9. The van der Waals surface area contributed by atoms with Crippen molar-refractivity contribution in [2.45, 2.75) is 64.2 Å². The molecular weight excluding hydrogens is 553 g/mol. The molecule has 7 nitrogen and oxygen atoms in total.